The molecule has 5 aromatic heterocycles. The largest absolute Gasteiger partial charge is 0.495 e. The number of rotatable bonds is 10. The lowest BCUT2D eigenvalue weighted by molar-refractivity contribution is -0.384. The van der Waals surface area contributed by atoms with Crippen LogP contribution in [0.15, 0.2) is 449 Å². The molecule has 0 bridgehead atoms. The van der Waals surface area contributed by atoms with Crippen molar-refractivity contribution in [1.82, 2.24) is 4.57 Å². The zero-order valence-corrected chi connectivity index (χ0v) is 90.5. The van der Waals surface area contributed by atoms with Gasteiger partial charge in [0.1, 0.15) is 0 Å². The summed E-state index contributed by atoms with van der Waals surface area (Å²) in [6, 6.07) is 145. The lowest BCUT2D eigenvalue weighted by Gasteiger charge is -2.18. The van der Waals surface area contributed by atoms with Gasteiger partial charge in [-0.2, -0.15) is 0 Å². The van der Waals surface area contributed by atoms with Crippen LogP contribution < -0.4 is 26.8 Å². The van der Waals surface area contributed by atoms with Crippen molar-refractivity contribution in [2.75, 3.05) is 0 Å². The van der Waals surface area contributed by atoms with Crippen LogP contribution in [0.2, 0.25) is 0 Å². The highest BCUT2D eigenvalue weighted by molar-refractivity contribution is 14.1. The first kappa shape index (κ1) is 103. The smallest absolute Gasteiger partial charge is 0.423 e. The maximum absolute atomic E-state index is 11.3. The monoisotopic (exact) mass is 2460 g/mol. The predicted octanol–water partition coefficient (Wildman–Crippen LogP) is 33.3. The number of para-hydroxylation sites is 4. The van der Waals surface area contributed by atoms with Crippen LogP contribution in [0.5, 0.6) is 0 Å². The molecule has 1 aliphatic carbocycles. The highest BCUT2D eigenvalue weighted by Gasteiger charge is 2.27. The molecule has 26 rings (SSSR count). The predicted molar refractivity (Wildman–Crippen MR) is 647 cm³/mol. The van der Waals surface area contributed by atoms with E-state index in [4.69, 9.17) is 20.1 Å². The fourth-order valence-electron chi connectivity index (χ4n) is 17.8. The Morgan fingerprint density at radius 3 is 1.17 bits per heavy atom. The molecule has 0 saturated carbocycles. The number of nitro groups is 3. The Labute approximate surface area is 912 Å². The Morgan fingerprint density at radius 2 is 0.669 bits per heavy atom. The van der Waals surface area contributed by atoms with Gasteiger partial charge in [0.05, 0.1) is 42.3 Å². The van der Waals surface area contributed by atoms with Crippen molar-refractivity contribution in [3.8, 4) is 27.9 Å². The van der Waals surface area contributed by atoms with Gasteiger partial charge in [0.2, 0.25) is 0 Å². The summed E-state index contributed by atoms with van der Waals surface area (Å²) >= 11 is 26.6. The average molecular weight is 2470 g/mol. The van der Waals surface area contributed by atoms with E-state index in [1.54, 1.807) is 29.5 Å². The molecular formula is C118H81B2Br4I2N4O10PS4. The Bertz CT molecular complexity index is 9010. The Hall–Kier alpha value is -12.4. The fraction of sp³-hybridized carbons (Fsp3) is 0.0169. The third kappa shape index (κ3) is 22.6. The Balaban J connectivity index is 0.000000111. The van der Waals surface area contributed by atoms with Gasteiger partial charge in [-0.3, -0.25) is 30.3 Å². The van der Waals surface area contributed by atoms with E-state index >= 15 is 0 Å². The van der Waals surface area contributed by atoms with E-state index in [0.29, 0.717) is 5.56 Å². The maximum Gasteiger partial charge on any atom is 0.495 e. The molecule has 0 saturated heterocycles. The molecule has 1 aliphatic rings. The van der Waals surface area contributed by atoms with E-state index in [2.05, 4.69) is 441 Å². The number of nitrogens with zero attached hydrogens (tertiary/aromatic N) is 4. The standard InChI is InChI=1S/C28H16BrNS.C19H11BrS.C18H10BrNO2S.C18H15P.C12H6BrIS.C10H7I.2C6H6BNO4.CH4/c29-24-10-5-9-21-23-15-22-20-8-3-4-11-25(20)30(26(22)16-27(23)31-28(21)24)19-13-12-17-6-1-2-7-18(17)14-19;20-17-7-3-6-14-16-10-15-12(9-18(16)21-19(14)17)8-11-4-1-2-5-13(11)15;19-15-6-3-5-13-14-10-11(8-9-17(14)23-18(13)15)12-4-1-2-7-16(12)20(21)22;1-4-10-16(11-5-1)19(17-12-6-2-7-13-17)18-14-8-3-9-15-18;13-10-3-1-2-8-9-6-7(14)4-5-11(9)15-12(8)10;11-10-6-5-8-3-1-2-4-9(8)7-10;2*9-7(10)5-3-1-2-4-6(5)8(11)12;/h1-16H;1-7,9-10H,8H2;1-10H;1-15H;1-6H;1-7H;2*1-4,9-10H;1H4. The van der Waals surface area contributed by atoms with Crippen molar-refractivity contribution < 1.29 is 34.9 Å². The van der Waals surface area contributed by atoms with Crippen molar-refractivity contribution in [2.24, 2.45) is 0 Å². The minimum absolute atomic E-state index is 0. The topological polar surface area (TPSA) is 215 Å². The van der Waals surface area contributed by atoms with Crippen molar-refractivity contribution in [3.63, 3.8) is 0 Å². The van der Waals surface area contributed by atoms with Crippen LogP contribution in [0.4, 0.5) is 17.1 Å². The van der Waals surface area contributed by atoms with Crippen molar-refractivity contribution >= 4 is 344 Å². The molecule has 20 aromatic carbocycles. The van der Waals surface area contributed by atoms with Gasteiger partial charge in [0, 0.05) is 140 Å². The molecule has 0 aliphatic heterocycles. The summed E-state index contributed by atoms with van der Waals surface area (Å²) in [7, 11) is -4.04. The second-order valence-corrected chi connectivity index (χ2v) is 45.6. The molecule has 0 unspecified atom stereocenters. The summed E-state index contributed by atoms with van der Waals surface area (Å²) in [6.07, 6.45) is 1.07. The highest BCUT2D eigenvalue weighted by atomic mass is 127. The molecule has 5 heterocycles. The van der Waals surface area contributed by atoms with Gasteiger partial charge in [0.15, 0.2) is 0 Å². The molecule has 0 atom stereocenters. The van der Waals surface area contributed by atoms with Crippen LogP contribution in [-0.2, 0) is 6.42 Å². The van der Waals surface area contributed by atoms with Crippen LogP contribution in [0, 0.1) is 37.5 Å². The number of nitro benzene ring substituents is 3. The molecule has 25 aromatic rings. The highest BCUT2D eigenvalue weighted by Crippen LogP contribution is 2.48. The summed E-state index contributed by atoms with van der Waals surface area (Å²) < 4.78 is 20.1. The number of fused-ring (bicyclic) bond motifs is 20. The van der Waals surface area contributed by atoms with E-state index in [1.807, 2.05) is 70.4 Å². The van der Waals surface area contributed by atoms with Crippen LogP contribution in [0.1, 0.15) is 18.6 Å². The third-order valence-corrected chi connectivity index (χ3v) is 36.8. The van der Waals surface area contributed by atoms with Gasteiger partial charge >= 0.3 is 14.2 Å². The lowest BCUT2D eigenvalue weighted by atomic mass is 9.79. The summed E-state index contributed by atoms with van der Waals surface area (Å²) in [5.74, 6) is 0. The van der Waals surface area contributed by atoms with Crippen LogP contribution in [0.3, 0.4) is 0 Å². The van der Waals surface area contributed by atoms with E-state index in [0.717, 1.165) is 26.3 Å². The molecule has 0 amide bonds. The quantitative estimate of drug-likeness (QED) is 0.0334. The number of halogens is 6. The molecule has 0 fully saturated rings. The SMILES string of the molecule is Brc1cccc2c1sc1cc3c(cc12)-c1ccccc1C3.Brc1cccc2c1sc1cc3c(cc12)c1ccccc1n3-c1ccc2ccccc2c1.Brc1cccc2c1sc1ccc(I)cc12.C.Ic1ccc2ccccc2c1.O=[N+]([O-])c1ccccc1-c1ccc2sc3c(Br)cccc3c2c1.O=[N+]([O-])c1ccccc1B(O)O.O=[N+]([O-])c1ccccc1B(O)O.c1ccc(P(c2ccccc2)c2ccccc2)cc1. The van der Waals surface area contributed by atoms with Gasteiger partial charge in [0.25, 0.3) is 17.1 Å². The first-order valence-corrected chi connectivity index (χ1v) is 55.1. The van der Waals surface area contributed by atoms with Crippen LogP contribution in [0.25, 0.3) is 152 Å². The fourth-order valence-corrected chi connectivity index (χ4v) is 28.0. The van der Waals surface area contributed by atoms with Gasteiger partial charge in [-0.05, 0) is 304 Å². The summed E-state index contributed by atoms with van der Waals surface area (Å²) in [5, 5.41) is 89.0. The first-order valence-electron chi connectivity index (χ1n) is 45.2. The number of benzene rings is 20. The average Bonchev–Trinajstić information content (AvgIpc) is 1.57. The Morgan fingerprint density at radius 1 is 0.290 bits per heavy atom. The molecular weight excluding hydrogens is 2390 g/mol. The number of aromatic nitrogens is 1. The number of hydrogen-bond donors (Lipinski definition) is 4. The van der Waals surface area contributed by atoms with E-state index < -0.39 is 32.0 Å². The van der Waals surface area contributed by atoms with E-state index in [9.17, 15) is 30.3 Å². The van der Waals surface area contributed by atoms with Gasteiger partial charge < -0.3 is 24.7 Å². The molecule has 27 heteroatoms. The van der Waals surface area contributed by atoms with Crippen molar-refractivity contribution in [3.05, 3.63) is 497 Å². The molecule has 710 valence electrons. The normalized spacial score (nSPS) is 11.1. The second kappa shape index (κ2) is 46.5. The van der Waals surface area contributed by atoms with Crippen LogP contribution >= 0.6 is 162 Å². The molecule has 145 heavy (non-hydrogen) atoms. The van der Waals surface area contributed by atoms with E-state index in [-0.39, 0.29) is 40.3 Å². The Kier molecular flexibility index (Phi) is 32.9. The van der Waals surface area contributed by atoms with Gasteiger partial charge in [-0.25, -0.2) is 0 Å². The number of thiophene rings is 4. The lowest BCUT2D eigenvalue weighted by Crippen LogP contribution is -2.31. The minimum Gasteiger partial charge on any atom is -0.423 e. The van der Waals surface area contributed by atoms with E-state index in [1.165, 1.54) is 227 Å². The maximum atomic E-state index is 11.3. The molecule has 4 N–H and O–H groups in total. The van der Waals surface area contributed by atoms with Crippen LogP contribution in [-0.4, -0.2) is 53.7 Å². The molecule has 0 spiro atoms. The van der Waals surface area contributed by atoms with Crippen molar-refractivity contribution in [2.45, 2.75) is 13.8 Å². The summed E-state index contributed by atoms with van der Waals surface area (Å²) in [4.78, 5) is 30.2. The number of hydrogen-bond acceptors (Lipinski definition) is 14. The zero-order chi connectivity index (χ0) is 99.8. The van der Waals surface area contributed by atoms with Crippen molar-refractivity contribution in [1.29, 1.82) is 0 Å². The minimum atomic E-state index is -1.80. The molecule has 0 radical (unpaired) electrons. The summed E-state index contributed by atoms with van der Waals surface area (Å²) in [5.41, 5.74) is 10.3. The summed E-state index contributed by atoms with van der Waals surface area (Å²) in [6.45, 7) is 0. The zero-order valence-electron chi connectivity index (χ0n) is 75.7. The molecule has 14 nitrogen and oxygen atoms in total. The third-order valence-electron chi connectivity index (χ3n) is 24.4. The van der Waals surface area contributed by atoms with Gasteiger partial charge in [-0.1, -0.05) is 305 Å². The van der Waals surface area contributed by atoms with Gasteiger partial charge in [-0.15, -0.1) is 45.3 Å². The second-order valence-electron chi connectivity index (χ2n) is 33.3. The first-order chi connectivity index (χ1) is 70.0.